The molecule has 1 N–H and O–H groups in total. The van der Waals surface area contributed by atoms with Gasteiger partial charge in [-0.05, 0) is 37.0 Å². The fourth-order valence-electron chi connectivity index (χ4n) is 2.10. The summed E-state index contributed by atoms with van der Waals surface area (Å²) in [5, 5.41) is 2.97. The minimum absolute atomic E-state index is 0.202. The van der Waals surface area contributed by atoms with Crippen molar-refractivity contribution in [3.05, 3.63) is 53.1 Å². The van der Waals surface area contributed by atoms with Gasteiger partial charge in [-0.1, -0.05) is 32.0 Å². The second kappa shape index (κ2) is 5.82. The molecule has 2 aromatic rings. The van der Waals surface area contributed by atoms with Crippen LogP contribution < -0.4 is 5.32 Å². The Morgan fingerprint density at radius 1 is 1.20 bits per heavy atom. The Labute approximate surface area is 119 Å². The maximum absolute atomic E-state index is 12.3. The number of nitrogens with zero attached hydrogens (tertiary/aromatic N) is 2. The topological polar surface area (TPSA) is 54.9 Å². The lowest BCUT2D eigenvalue weighted by molar-refractivity contribution is 0.102. The van der Waals surface area contributed by atoms with Crippen molar-refractivity contribution in [2.75, 3.05) is 5.32 Å². The van der Waals surface area contributed by atoms with Gasteiger partial charge in [0.2, 0.25) is 0 Å². The molecular weight excluding hydrogens is 250 g/mol. The van der Waals surface area contributed by atoms with Crippen molar-refractivity contribution in [3.63, 3.8) is 0 Å². The first-order chi connectivity index (χ1) is 9.49. The van der Waals surface area contributed by atoms with Crippen molar-refractivity contribution < 1.29 is 4.79 Å². The molecule has 1 aromatic heterocycles. The number of amides is 1. The third-order valence-electron chi connectivity index (χ3n) is 3.17. The lowest BCUT2D eigenvalue weighted by atomic mass is 9.98. The first-order valence-corrected chi connectivity index (χ1v) is 6.69. The Morgan fingerprint density at radius 2 is 1.95 bits per heavy atom. The molecule has 0 radical (unpaired) electrons. The Kier molecular flexibility index (Phi) is 4.13. The normalized spacial score (nSPS) is 10.7. The molecule has 0 saturated carbocycles. The Bertz CT molecular complexity index is 635. The number of aryl methyl sites for hydroxylation is 2. The van der Waals surface area contributed by atoms with E-state index in [4.69, 9.17) is 0 Å². The van der Waals surface area contributed by atoms with E-state index in [1.165, 1.54) is 0 Å². The van der Waals surface area contributed by atoms with E-state index in [1.807, 2.05) is 25.1 Å². The Balaban J connectivity index is 2.33. The second-order valence-corrected chi connectivity index (χ2v) is 5.14. The predicted molar refractivity (Wildman–Crippen MR) is 80.0 cm³/mol. The van der Waals surface area contributed by atoms with Crippen LogP contribution in [0.3, 0.4) is 0 Å². The first-order valence-electron chi connectivity index (χ1n) is 6.69. The van der Waals surface area contributed by atoms with E-state index in [1.54, 1.807) is 19.2 Å². The molecule has 0 unspecified atom stereocenters. The summed E-state index contributed by atoms with van der Waals surface area (Å²) in [6, 6.07) is 7.66. The summed E-state index contributed by atoms with van der Waals surface area (Å²) >= 11 is 0. The van der Waals surface area contributed by atoms with E-state index in [0.29, 0.717) is 17.4 Å². The summed E-state index contributed by atoms with van der Waals surface area (Å²) in [4.78, 5) is 20.4. The minimum Gasteiger partial charge on any atom is -0.320 e. The molecule has 4 nitrogen and oxygen atoms in total. The van der Waals surface area contributed by atoms with Gasteiger partial charge in [0.25, 0.3) is 5.91 Å². The zero-order chi connectivity index (χ0) is 14.7. The van der Waals surface area contributed by atoms with Crippen molar-refractivity contribution in [1.29, 1.82) is 0 Å². The summed E-state index contributed by atoms with van der Waals surface area (Å²) in [7, 11) is 0. The van der Waals surface area contributed by atoms with Crippen LogP contribution in [0.15, 0.2) is 30.5 Å². The molecule has 1 amide bonds. The number of para-hydroxylation sites is 1. The molecule has 1 heterocycles. The van der Waals surface area contributed by atoms with Gasteiger partial charge in [-0.15, -0.1) is 0 Å². The highest BCUT2D eigenvalue weighted by Crippen LogP contribution is 2.27. The summed E-state index contributed by atoms with van der Waals surface area (Å²) in [5.74, 6) is 0.732. The number of anilines is 1. The van der Waals surface area contributed by atoms with Gasteiger partial charge in [0, 0.05) is 11.9 Å². The fourth-order valence-corrected chi connectivity index (χ4v) is 2.10. The first kappa shape index (κ1) is 14.2. The van der Waals surface area contributed by atoms with Gasteiger partial charge in [0.05, 0.1) is 0 Å². The van der Waals surface area contributed by atoms with Crippen LogP contribution >= 0.6 is 0 Å². The SMILES string of the molecule is Cc1nccc(C(=O)Nc2c(C)cccc2C(C)C)n1. The number of hydrogen-bond acceptors (Lipinski definition) is 3. The Hall–Kier alpha value is -2.23. The number of nitrogens with one attached hydrogen (secondary N) is 1. The molecule has 0 aliphatic heterocycles. The smallest absolute Gasteiger partial charge is 0.274 e. The van der Waals surface area contributed by atoms with Crippen LogP contribution in [-0.2, 0) is 0 Å². The van der Waals surface area contributed by atoms with E-state index in [9.17, 15) is 4.79 Å². The molecule has 4 heteroatoms. The maximum Gasteiger partial charge on any atom is 0.274 e. The van der Waals surface area contributed by atoms with Crippen LogP contribution in [0.1, 0.15) is 47.2 Å². The predicted octanol–water partition coefficient (Wildman–Crippen LogP) is 3.47. The van der Waals surface area contributed by atoms with E-state index in [0.717, 1.165) is 16.8 Å². The molecule has 0 spiro atoms. The van der Waals surface area contributed by atoms with Crippen LogP contribution in [0.4, 0.5) is 5.69 Å². The maximum atomic E-state index is 12.3. The van der Waals surface area contributed by atoms with Crippen molar-refractivity contribution in [2.45, 2.75) is 33.6 Å². The Morgan fingerprint density at radius 3 is 2.60 bits per heavy atom. The molecule has 2 rings (SSSR count). The van der Waals surface area contributed by atoms with E-state index < -0.39 is 0 Å². The van der Waals surface area contributed by atoms with Crippen LogP contribution in [0.2, 0.25) is 0 Å². The van der Waals surface area contributed by atoms with Crippen LogP contribution in [0.25, 0.3) is 0 Å². The fraction of sp³-hybridized carbons (Fsp3) is 0.312. The van der Waals surface area contributed by atoms with E-state index in [-0.39, 0.29) is 5.91 Å². The molecular formula is C16H19N3O. The molecule has 0 atom stereocenters. The number of benzene rings is 1. The highest BCUT2D eigenvalue weighted by Gasteiger charge is 2.14. The van der Waals surface area contributed by atoms with Gasteiger partial charge in [0.1, 0.15) is 11.5 Å². The standard InChI is InChI=1S/C16H19N3O/c1-10(2)13-7-5-6-11(3)15(13)19-16(20)14-8-9-17-12(4)18-14/h5-10H,1-4H3,(H,19,20). The van der Waals surface area contributed by atoms with Crippen molar-refractivity contribution in [2.24, 2.45) is 0 Å². The van der Waals surface area contributed by atoms with Gasteiger partial charge < -0.3 is 5.32 Å². The average Bonchev–Trinajstić information content (AvgIpc) is 2.40. The number of carbonyl (C=O) groups is 1. The number of aromatic nitrogens is 2. The van der Waals surface area contributed by atoms with Gasteiger partial charge in [0.15, 0.2) is 0 Å². The molecule has 0 fully saturated rings. The van der Waals surface area contributed by atoms with Crippen LogP contribution in [0.5, 0.6) is 0 Å². The minimum atomic E-state index is -0.202. The van der Waals surface area contributed by atoms with Crippen molar-refractivity contribution in [3.8, 4) is 0 Å². The van der Waals surface area contributed by atoms with Gasteiger partial charge in [-0.3, -0.25) is 4.79 Å². The molecule has 0 aliphatic rings. The van der Waals surface area contributed by atoms with Crippen molar-refractivity contribution >= 4 is 11.6 Å². The number of rotatable bonds is 3. The number of hydrogen-bond donors (Lipinski definition) is 1. The quantitative estimate of drug-likeness (QED) is 0.928. The van der Waals surface area contributed by atoms with Crippen LogP contribution in [-0.4, -0.2) is 15.9 Å². The zero-order valence-corrected chi connectivity index (χ0v) is 12.3. The number of carbonyl (C=O) groups excluding carboxylic acids is 1. The van der Waals surface area contributed by atoms with Gasteiger partial charge in [-0.25, -0.2) is 9.97 Å². The summed E-state index contributed by atoms with van der Waals surface area (Å²) in [6.45, 7) is 7.98. The molecule has 20 heavy (non-hydrogen) atoms. The molecule has 0 saturated heterocycles. The van der Waals surface area contributed by atoms with E-state index in [2.05, 4.69) is 29.1 Å². The van der Waals surface area contributed by atoms with E-state index >= 15 is 0 Å². The summed E-state index contributed by atoms with van der Waals surface area (Å²) < 4.78 is 0. The third-order valence-corrected chi connectivity index (χ3v) is 3.17. The van der Waals surface area contributed by atoms with Crippen LogP contribution in [0, 0.1) is 13.8 Å². The second-order valence-electron chi connectivity index (χ2n) is 5.14. The third kappa shape index (κ3) is 3.02. The zero-order valence-electron chi connectivity index (χ0n) is 12.3. The average molecular weight is 269 g/mol. The molecule has 0 aliphatic carbocycles. The largest absolute Gasteiger partial charge is 0.320 e. The monoisotopic (exact) mass is 269 g/mol. The highest BCUT2D eigenvalue weighted by atomic mass is 16.1. The molecule has 104 valence electrons. The highest BCUT2D eigenvalue weighted by molar-refractivity contribution is 6.03. The summed E-state index contributed by atoms with van der Waals surface area (Å²) in [6.07, 6.45) is 1.60. The molecule has 1 aromatic carbocycles. The van der Waals surface area contributed by atoms with Gasteiger partial charge in [-0.2, -0.15) is 0 Å². The molecule has 0 bridgehead atoms. The van der Waals surface area contributed by atoms with Gasteiger partial charge >= 0.3 is 0 Å². The van der Waals surface area contributed by atoms with Crippen molar-refractivity contribution in [1.82, 2.24) is 9.97 Å². The lowest BCUT2D eigenvalue weighted by Crippen LogP contribution is -2.16. The summed E-state index contributed by atoms with van der Waals surface area (Å²) in [5.41, 5.74) is 3.44. The lowest BCUT2D eigenvalue weighted by Gasteiger charge is -2.16.